The zero-order chi connectivity index (χ0) is 18.2. The van der Waals surface area contributed by atoms with Gasteiger partial charge in [-0.3, -0.25) is 9.59 Å². The molecule has 0 saturated carbocycles. The van der Waals surface area contributed by atoms with Crippen molar-refractivity contribution in [3.05, 3.63) is 34.8 Å². The molecule has 0 bridgehead atoms. The summed E-state index contributed by atoms with van der Waals surface area (Å²) in [5.74, 6) is -0.172. The number of carbonyl (C=O) groups excluding carboxylic acids is 1. The van der Waals surface area contributed by atoms with Crippen LogP contribution in [0.3, 0.4) is 0 Å². The number of carboxylic acids is 1. The van der Waals surface area contributed by atoms with Gasteiger partial charge in [-0.1, -0.05) is 18.6 Å². The van der Waals surface area contributed by atoms with Crippen LogP contribution >= 0.6 is 11.3 Å². The van der Waals surface area contributed by atoms with Crippen LogP contribution in [0.5, 0.6) is 5.75 Å². The Morgan fingerprint density at radius 1 is 1.28 bits per heavy atom. The number of nitrogens with one attached hydrogen (secondary N) is 1. The van der Waals surface area contributed by atoms with Crippen molar-refractivity contribution in [1.82, 2.24) is 10.3 Å². The Hall–Kier alpha value is -2.41. The first-order valence-electron chi connectivity index (χ1n) is 8.13. The molecule has 1 amide bonds. The molecule has 1 heterocycles. The lowest BCUT2D eigenvalue weighted by Gasteiger charge is -2.03. The fraction of sp³-hybridized carbons (Fsp3) is 0.389. The van der Waals surface area contributed by atoms with Crippen molar-refractivity contribution in [2.24, 2.45) is 0 Å². The van der Waals surface area contributed by atoms with Crippen molar-refractivity contribution in [2.45, 2.75) is 32.6 Å². The van der Waals surface area contributed by atoms with Gasteiger partial charge in [0.15, 0.2) is 0 Å². The average Bonchev–Trinajstić information content (AvgIpc) is 2.99. The first-order chi connectivity index (χ1) is 12.0. The number of thiazole rings is 1. The van der Waals surface area contributed by atoms with Gasteiger partial charge in [0.2, 0.25) is 0 Å². The lowest BCUT2D eigenvalue weighted by Crippen LogP contribution is -2.24. The summed E-state index contributed by atoms with van der Waals surface area (Å²) in [6.45, 7) is 2.35. The van der Waals surface area contributed by atoms with Gasteiger partial charge in [-0.2, -0.15) is 0 Å². The number of aryl methyl sites for hydroxylation is 1. The van der Waals surface area contributed by atoms with Gasteiger partial charge >= 0.3 is 5.97 Å². The maximum atomic E-state index is 12.3. The summed E-state index contributed by atoms with van der Waals surface area (Å²) in [5, 5.41) is 12.2. The van der Waals surface area contributed by atoms with Crippen molar-refractivity contribution in [1.29, 1.82) is 0 Å². The second-order valence-corrected chi connectivity index (χ2v) is 6.62. The number of rotatable bonds is 9. The minimum absolute atomic E-state index is 0.137. The summed E-state index contributed by atoms with van der Waals surface area (Å²) < 4.78 is 5.22. The predicted octanol–water partition coefficient (Wildman–Crippen LogP) is 3.50. The van der Waals surface area contributed by atoms with E-state index in [1.54, 1.807) is 7.11 Å². The van der Waals surface area contributed by atoms with Crippen molar-refractivity contribution < 1.29 is 19.4 Å². The van der Waals surface area contributed by atoms with Gasteiger partial charge in [-0.25, -0.2) is 4.98 Å². The van der Waals surface area contributed by atoms with Crippen LogP contribution in [0.15, 0.2) is 24.3 Å². The average molecular weight is 362 g/mol. The smallest absolute Gasteiger partial charge is 0.303 e. The highest BCUT2D eigenvalue weighted by atomic mass is 32.1. The number of aliphatic carboxylic acids is 1. The van der Waals surface area contributed by atoms with Crippen LogP contribution in [-0.2, 0) is 4.79 Å². The largest absolute Gasteiger partial charge is 0.497 e. The number of carbonyl (C=O) groups is 2. The highest BCUT2D eigenvalue weighted by molar-refractivity contribution is 7.17. The lowest BCUT2D eigenvalue weighted by atomic mass is 10.2. The number of aromatic nitrogens is 1. The minimum atomic E-state index is -0.783. The number of nitrogens with zero attached hydrogens (tertiary/aromatic N) is 1. The molecule has 1 aromatic carbocycles. The third-order valence-electron chi connectivity index (χ3n) is 3.67. The molecule has 0 fully saturated rings. The summed E-state index contributed by atoms with van der Waals surface area (Å²) in [6.07, 6.45) is 2.35. The fourth-order valence-corrected chi connectivity index (χ4v) is 3.33. The van der Waals surface area contributed by atoms with Gasteiger partial charge in [0.1, 0.15) is 15.6 Å². The molecule has 0 aliphatic carbocycles. The molecular weight excluding hydrogens is 340 g/mol. The normalized spacial score (nSPS) is 10.5. The number of methoxy groups -OCH3 is 1. The van der Waals surface area contributed by atoms with E-state index in [2.05, 4.69) is 10.3 Å². The lowest BCUT2D eigenvalue weighted by molar-refractivity contribution is -0.137. The standard InChI is InChI=1S/C18H22N2O4S/c1-12-16(17(23)19-10-5-3-4-9-15(21)22)25-18(20-12)13-7-6-8-14(11-13)24-2/h6-8,11H,3-5,9-10H2,1-2H3,(H,19,23)(H,21,22). The Labute approximate surface area is 150 Å². The molecule has 6 nitrogen and oxygen atoms in total. The van der Waals surface area contributed by atoms with Crippen LogP contribution < -0.4 is 10.1 Å². The van der Waals surface area contributed by atoms with Gasteiger partial charge in [0, 0.05) is 18.5 Å². The Morgan fingerprint density at radius 3 is 2.80 bits per heavy atom. The van der Waals surface area contributed by atoms with Gasteiger partial charge < -0.3 is 15.2 Å². The third-order valence-corrected chi connectivity index (χ3v) is 4.88. The summed E-state index contributed by atoms with van der Waals surface area (Å²) in [5.41, 5.74) is 1.62. The zero-order valence-electron chi connectivity index (χ0n) is 14.4. The summed E-state index contributed by atoms with van der Waals surface area (Å²) in [6, 6.07) is 7.58. The van der Waals surface area contributed by atoms with Crippen LogP contribution in [0.4, 0.5) is 0 Å². The predicted molar refractivity (Wildman–Crippen MR) is 97.3 cm³/mol. The second kappa shape index (κ2) is 9.17. The number of amides is 1. The number of hydrogen-bond acceptors (Lipinski definition) is 5. The van der Waals surface area contributed by atoms with Gasteiger partial charge in [0.05, 0.1) is 12.8 Å². The van der Waals surface area contributed by atoms with E-state index in [9.17, 15) is 9.59 Å². The van der Waals surface area contributed by atoms with Crippen molar-refractivity contribution >= 4 is 23.2 Å². The van der Waals surface area contributed by atoms with E-state index in [-0.39, 0.29) is 12.3 Å². The van der Waals surface area contributed by atoms with Crippen molar-refractivity contribution in [3.8, 4) is 16.3 Å². The van der Waals surface area contributed by atoms with E-state index in [0.717, 1.165) is 29.2 Å². The maximum Gasteiger partial charge on any atom is 0.303 e. The maximum absolute atomic E-state index is 12.3. The number of hydrogen-bond donors (Lipinski definition) is 2. The first kappa shape index (κ1) is 18.9. The molecule has 0 atom stereocenters. The van der Waals surface area contributed by atoms with Gasteiger partial charge in [-0.05, 0) is 31.9 Å². The second-order valence-electron chi connectivity index (χ2n) is 5.63. The van der Waals surface area contributed by atoms with E-state index >= 15 is 0 Å². The molecule has 2 rings (SSSR count). The Bertz CT molecular complexity index is 742. The minimum Gasteiger partial charge on any atom is -0.497 e. The van der Waals surface area contributed by atoms with Crippen LogP contribution in [0.25, 0.3) is 10.6 Å². The van der Waals surface area contributed by atoms with Crippen LogP contribution in [-0.4, -0.2) is 35.6 Å². The van der Waals surface area contributed by atoms with Crippen LogP contribution in [0.1, 0.15) is 41.0 Å². The molecule has 0 aliphatic heterocycles. The highest BCUT2D eigenvalue weighted by Crippen LogP contribution is 2.30. The monoisotopic (exact) mass is 362 g/mol. The first-order valence-corrected chi connectivity index (χ1v) is 8.94. The Kier molecular flexibility index (Phi) is 6.94. The molecule has 25 heavy (non-hydrogen) atoms. The summed E-state index contributed by atoms with van der Waals surface area (Å²) in [7, 11) is 1.61. The van der Waals surface area contributed by atoms with Crippen molar-refractivity contribution in [2.75, 3.05) is 13.7 Å². The number of ether oxygens (including phenoxy) is 1. The molecule has 1 aromatic heterocycles. The summed E-state index contributed by atoms with van der Waals surface area (Å²) >= 11 is 1.36. The molecular formula is C18H22N2O4S. The molecule has 2 N–H and O–H groups in total. The molecule has 0 spiro atoms. The topological polar surface area (TPSA) is 88.5 Å². The SMILES string of the molecule is COc1cccc(-c2nc(C)c(C(=O)NCCCCCC(=O)O)s2)c1. The van der Waals surface area contributed by atoms with Crippen LogP contribution in [0, 0.1) is 6.92 Å². The number of carboxylic acid groups (broad SMARTS) is 1. The molecule has 0 aliphatic rings. The van der Waals surface area contributed by atoms with Gasteiger partial charge in [-0.15, -0.1) is 11.3 Å². The number of benzene rings is 1. The quantitative estimate of drug-likeness (QED) is 0.667. The zero-order valence-corrected chi connectivity index (χ0v) is 15.2. The highest BCUT2D eigenvalue weighted by Gasteiger charge is 2.16. The van der Waals surface area contributed by atoms with E-state index in [4.69, 9.17) is 9.84 Å². The van der Waals surface area contributed by atoms with Crippen molar-refractivity contribution in [3.63, 3.8) is 0 Å². The van der Waals surface area contributed by atoms with E-state index < -0.39 is 5.97 Å². The molecule has 0 saturated heterocycles. The van der Waals surface area contributed by atoms with E-state index in [0.29, 0.717) is 23.5 Å². The fourth-order valence-electron chi connectivity index (χ4n) is 2.35. The van der Waals surface area contributed by atoms with Gasteiger partial charge in [0.25, 0.3) is 5.91 Å². The third kappa shape index (κ3) is 5.56. The Balaban J connectivity index is 1.92. The van der Waals surface area contributed by atoms with E-state index in [1.807, 2.05) is 31.2 Å². The molecule has 2 aromatic rings. The Morgan fingerprint density at radius 2 is 2.08 bits per heavy atom. The molecule has 0 unspecified atom stereocenters. The van der Waals surface area contributed by atoms with E-state index in [1.165, 1.54) is 11.3 Å². The van der Waals surface area contributed by atoms with Crippen LogP contribution in [0.2, 0.25) is 0 Å². The molecule has 0 radical (unpaired) electrons. The number of unbranched alkanes of at least 4 members (excludes halogenated alkanes) is 2. The summed E-state index contributed by atoms with van der Waals surface area (Å²) in [4.78, 5) is 27.8. The molecule has 7 heteroatoms. The molecule has 134 valence electrons.